The maximum absolute atomic E-state index is 14.5. The average molecular weight is 612 g/mol. The summed E-state index contributed by atoms with van der Waals surface area (Å²) in [6.45, 7) is 6.42. The van der Waals surface area contributed by atoms with Gasteiger partial charge in [0.05, 0.1) is 18.9 Å². The summed E-state index contributed by atoms with van der Waals surface area (Å²) in [5.74, 6) is 3.48. The molecule has 11 aliphatic rings. The van der Waals surface area contributed by atoms with Gasteiger partial charge in [-0.3, -0.25) is 4.79 Å². The second kappa shape index (κ2) is 8.57. The van der Waals surface area contributed by atoms with E-state index in [4.69, 9.17) is 9.15 Å². The summed E-state index contributed by atoms with van der Waals surface area (Å²) in [7, 11) is 0. The van der Waals surface area contributed by atoms with Crippen LogP contribution < -0.4 is 0 Å². The molecule has 0 radical (unpaired) electrons. The maximum Gasteiger partial charge on any atom is 0.410 e. The van der Waals surface area contributed by atoms with Gasteiger partial charge in [-0.15, -0.1) is 0 Å². The lowest BCUT2D eigenvalue weighted by Gasteiger charge is -2.71. The molecule has 2 heterocycles. The van der Waals surface area contributed by atoms with Crippen molar-refractivity contribution < 1.29 is 23.8 Å². The van der Waals surface area contributed by atoms with Gasteiger partial charge in [-0.25, -0.2) is 4.79 Å². The number of carbonyl (C=O) groups is 2. The van der Waals surface area contributed by atoms with Crippen LogP contribution in [-0.4, -0.2) is 46.7 Å². The first-order chi connectivity index (χ1) is 21.5. The minimum Gasteiger partial charge on any atom is -0.461 e. The Bertz CT molecular complexity index is 1510. The third kappa shape index (κ3) is 3.27. The number of ketones is 1. The van der Waals surface area contributed by atoms with Crippen LogP contribution in [0.1, 0.15) is 108 Å². The highest BCUT2D eigenvalue weighted by atomic mass is 16.6. The van der Waals surface area contributed by atoms with Crippen molar-refractivity contribution in [3.05, 3.63) is 48.0 Å². The second-order valence-corrected chi connectivity index (χ2v) is 18.2. The summed E-state index contributed by atoms with van der Waals surface area (Å²) in [6, 6.07) is 3.60. The van der Waals surface area contributed by atoms with Crippen LogP contribution in [0.3, 0.4) is 0 Å². The molecule has 3 spiro atoms. The SMILES string of the molecule is C[C@]12CC[C@H]3[C@@]4(C=C[C@@]5(C=C4C(=O)c4ccco4)C[C@@H](O)CC[C@]35C)[C@@H]1CC[C@@]21CN(CC23CC4CC(CC(C4)C2)C3)C(=O)O1. The number of furan rings is 1. The Kier molecular flexibility index (Phi) is 5.28. The smallest absolute Gasteiger partial charge is 0.410 e. The van der Waals surface area contributed by atoms with E-state index in [-0.39, 0.29) is 40.1 Å². The van der Waals surface area contributed by atoms with Crippen molar-refractivity contribution >= 4 is 11.9 Å². The van der Waals surface area contributed by atoms with Gasteiger partial charge < -0.3 is 19.2 Å². The summed E-state index contributed by atoms with van der Waals surface area (Å²) in [5, 5.41) is 10.9. The van der Waals surface area contributed by atoms with Crippen molar-refractivity contribution in [2.45, 2.75) is 109 Å². The topological polar surface area (TPSA) is 80.0 Å². The Morgan fingerprint density at radius 3 is 2.33 bits per heavy atom. The number of rotatable bonds is 4. The van der Waals surface area contributed by atoms with Crippen molar-refractivity contribution in [2.75, 3.05) is 13.1 Å². The number of nitrogens with zero attached hydrogens (tertiary/aromatic N) is 1. The van der Waals surface area contributed by atoms with Crippen molar-refractivity contribution in [1.29, 1.82) is 0 Å². The molecular formula is C39H49NO5. The molecule has 8 atom stereocenters. The summed E-state index contributed by atoms with van der Waals surface area (Å²) in [6.07, 6.45) is 22.6. The van der Waals surface area contributed by atoms with Gasteiger partial charge in [-0.05, 0) is 136 Å². The Morgan fingerprint density at radius 1 is 0.933 bits per heavy atom. The van der Waals surface area contributed by atoms with E-state index >= 15 is 0 Å². The monoisotopic (exact) mass is 611 g/mol. The minimum atomic E-state index is -0.515. The predicted molar refractivity (Wildman–Crippen MR) is 168 cm³/mol. The van der Waals surface area contributed by atoms with Gasteiger partial charge in [0.25, 0.3) is 0 Å². The Morgan fingerprint density at radius 2 is 1.62 bits per heavy atom. The molecule has 6 nitrogen and oxygen atoms in total. The fourth-order valence-electron chi connectivity index (χ4n) is 14.9. The minimum absolute atomic E-state index is 0.00658. The van der Waals surface area contributed by atoms with E-state index in [0.717, 1.165) is 68.4 Å². The number of ether oxygens (including phenoxy) is 1. The number of aliphatic hydroxyl groups is 1. The molecule has 8 fully saturated rings. The van der Waals surface area contributed by atoms with Gasteiger partial charge in [-0.1, -0.05) is 32.1 Å². The number of hydrogen-bond donors (Lipinski definition) is 1. The first-order valence-electron chi connectivity index (χ1n) is 18.2. The molecule has 1 aromatic rings. The summed E-state index contributed by atoms with van der Waals surface area (Å²) in [5.41, 5.74) is -0.366. The van der Waals surface area contributed by atoms with Crippen LogP contribution in [0.5, 0.6) is 0 Å². The largest absolute Gasteiger partial charge is 0.461 e. The highest BCUT2D eigenvalue weighted by Gasteiger charge is 2.76. The van der Waals surface area contributed by atoms with Crippen molar-refractivity contribution in [3.63, 3.8) is 0 Å². The van der Waals surface area contributed by atoms with Gasteiger partial charge >= 0.3 is 6.09 Å². The van der Waals surface area contributed by atoms with Crippen LogP contribution in [0.25, 0.3) is 0 Å². The molecule has 1 N–H and O–H groups in total. The van der Waals surface area contributed by atoms with Crippen LogP contribution in [-0.2, 0) is 4.74 Å². The van der Waals surface area contributed by atoms with Crippen LogP contribution in [0.4, 0.5) is 4.79 Å². The molecular weight excluding hydrogens is 562 g/mol. The first kappa shape index (κ1) is 27.7. The van der Waals surface area contributed by atoms with Crippen molar-refractivity contribution in [2.24, 2.45) is 56.7 Å². The van der Waals surface area contributed by atoms with E-state index < -0.39 is 11.0 Å². The number of amides is 1. The second-order valence-electron chi connectivity index (χ2n) is 18.2. The summed E-state index contributed by atoms with van der Waals surface area (Å²) >= 11 is 0. The fraction of sp³-hybridized carbons (Fsp3) is 0.744. The van der Waals surface area contributed by atoms with Crippen LogP contribution in [0.2, 0.25) is 0 Å². The number of hydrogen-bond acceptors (Lipinski definition) is 5. The van der Waals surface area contributed by atoms with E-state index in [1.165, 1.54) is 38.5 Å². The van der Waals surface area contributed by atoms with E-state index in [0.29, 0.717) is 30.1 Å². The van der Waals surface area contributed by atoms with E-state index in [2.05, 4.69) is 37.0 Å². The zero-order valence-electron chi connectivity index (χ0n) is 27.1. The van der Waals surface area contributed by atoms with Crippen molar-refractivity contribution in [3.8, 4) is 0 Å². The van der Waals surface area contributed by atoms with Crippen LogP contribution in [0, 0.1) is 56.7 Å². The molecule has 1 amide bonds. The lowest BCUT2D eigenvalue weighted by molar-refractivity contribution is -0.165. The molecule has 10 aliphatic carbocycles. The molecule has 1 aliphatic heterocycles. The maximum atomic E-state index is 14.5. The lowest BCUT2D eigenvalue weighted by atomic mass is 9.32. The molecule has 1 aromatic heterocycles. The Labute approximate surface area is 267 Å². The highest BCUT2D eigenvalue weighted by molar-refractivity contribution is 6.08. The fourth-order valence-corrected chi connectivity index (χ4v) is 14.9. The van der Waals surface area contributed by atoms with E-state index in [1.807, 2.05) is 0 Å². The first-order valence-corrected chi connectivity index (χ1v) is 18.2. The molecule has 1 saturated heterocycles. The zero-order valence-corrected chi connectivity index (χ0v) is 27.1. The molecule has 6 heteroatoms. The van der Waals surface area contributed by atoms with Gasteiger partial charge in [0.15, 0.2) is 5.76 Å². The quantitative estimate of drug-likeness (QED) is 0.278. The molecule has 0 unspecified atom stereocenters. The Hall–Kier alpha value is -2.34. The van der Waals surface area contributed by atoms with Crippen LogP contribution >= 0.6 is 0 Å². The number of aliphatic hydroxyl groups excluding tert-OH is 1. The Balaban J connectivity index is 1.03. The molecule has 12 rings (SSSR count). The molecule has 7 saturated carbocycles. The van der Waals surface area contributed by atoms with Gasteiger partial charge in [0, 0.05) is 28.4 Å². The normalized spacial score (nSPS) is 53.4. The van der Waals surface area contributed by atoms with Gasteiger partial charge in [-0.2, -0.15) is 0 Å². The van der Waals surface area contributed by atoms with E-state index in [9.17, 15) is 14.7 Å². The molecule has 0 aromatic carbocycles. The number of Topliss-reactive ketones (excluding diaryl/α,β-unsaturated/α-hetero) is 1. The van der Waals surface area contributed by atoms with Gasteiger partial charge in [0.2, 0.25) is 5.78 Å². The van der Waals surface area contributed by atoms with E-state index in [1.54, 1.807) is 18.4 Å². The molecule has 6 bridgehead atoms. The number of allylic oxidation sites excluding steroid dienone is 4. The molecule has 240 valence electrons. The zero-order chi connectivity index (χ0) is 30.6. The summed E-state index contributed by atoms with van der Waals surface area (Å²) in [4.78, 5) is 30.5. The number of carbonyl (C=O) groups excluding carboxylic acids is 2. The average Bonchev–Trinajstić information content (AvgIpc) is 3.70. The molecule has 45 heavy (non-hydrogen) atoms. The predicted octanol–water partition coefficient (Wildman–Crippen LogP) is 7.73. The lowest BCUT2D eigenvalue weighted by Crippen LogP contribution is -2.67. The summed E-state index contributed by atoms with van der Waals surface area (Å²) < 4.78 is 12.5. The standard InChI is InChI=1S/C39H49NO5/c1-34-8-5-27(41)20-37(34)11-12-39(28(21-37)32(42)29-4-3-13-44-29)30(34)6-9-35(2)31(39)7-10-38(35)23-40(33(43)45-38)22-36-17-24-14-25(18-36)16-26(15-24)19-36/h3-4,11-13,21,24-27,30-31,41H,5-10,14-20,22-23H2,1-2H3/t24?,25?,26?,27-,30+,31+,34+,35-,36?,37-,38+,39-/m0/s1. The van der Waals surface area contributed by atoms with Gasteiger partial charge in [0.1, 0.15) is 5.60 Å². The number of fused-ring (bicyclic) bond motifs is 2. The van der Waals surface area contributed by atoms with Crippen LogP contribution in [0.15, 0.2) is 46.6 Å². The highest BCUT2D eigenvalue weighted by Crippen LogP contribution is 2.79. The van der Waals surface area contributed by atoms with Crippen molar-refractivity contribution in [1.82, 2.24) is 4.90 Å². The third-order valence-corrected chi connectivity index (χ3v) is 16.3. The third-order valence-electron chi connectivity index (χ3n) is 16.3.